The normalized spacial score (nSPS) is 12.8. The zero-order valence-corrected chi connectivity index (χ0v) is 10.1. The molecule has 0 aliphatic heterocycles. The molecule has 1 aromatic heterocycles. The molecule has 16 heavy (non-hydrogen) atoms. The van der Waals surface area contributed by atoms with Crippen LogP contribution in [-0.2, 0) is 4.79 Å². The van der Waals surface area contributed by atoms with Crippen LogP contribution >= 0.6 is 0 Å². The second-order valence-corrected chi connectivity index (χ2v) is 4.16. The van der Waals surface area contributed by atoms with Crippen LogP contribution in [0.4, 0.5) is 0 Å². The van der Waals surface area contributed by atoms with Gasteiger partial charge in [0.15, 0.2) is 0 Å². The lowest BCUT2D eigenvalue weighted by Crippen LogP contribution is -2.33. The summed E-state index contributed by atoms with van der Waals surface area (Å²) in [6.45, 7) is 6.58. The molecule has 0 saturated heterocycles. The molecule has 0 bridgehead atoms. The van der Waals surface area contributed by atoms with E-state index in [9.17, 15) is 4.79 Å². The van der Waals surface area contributed by atoms with E-state index in [4.69, 9.17) is 4.42 Å². The summed E-state index contributed by atoms with van der Waals surface area (Å²) < 4.78 is 5.25. The van der Waals surface area contributed by atoms with Crippen molar-refractivity contribution in [2.75, 3.05) is 6.54 Å². The summed E-state index contributed by atoms with van der Waals surface area (Å²) in [7, 11) is 0. The molecule has 0 aromatic carbocycles. The van der Waals surface area contributed by atoms with Crippen LogP contribution in [0.2, 0.25) is 0 Å². The van der Waals surface area contributed by atoms with Crippen molar-refractivity contribution in [1.29, 1.82) is 0 Å². The van der Waals surface area contributed by atoms with Crippen molar-refractivity contribution in [3.05, 3.63) is 24.2 Å². The second-order valence-electron chi connectivity index (χ2n) is 4.16. The fourth-order valence-electron chi connectivity index (χ4n) is 1.43. The molecule has 0 fully saturated rings. The predicted molar refractivity (Wildman–Crippen MR) is 63.0 cm³/mol. The third-order valence-corrected chi connectivity index (χ3v) is 2.22. The topological polar surface area (TPSA) is 54.3 Å². The summed E-state index contributed by atoms with van der Waals surface area (Å²) in [5.74, 6) is 0.971. The number of hydrogen-bond donors (Lipinski definition) is 2. The van der Waals surface area contributed by atoms with Gasteiger partial charge in [-0.1, -0.05) is 0 Å². The number of nitrogens with one attached hydrogen (secondary N) is 2. The zero-order chi connectivity index (χ0) is 12.0. The van der Waals surface area contributed by atoms with Gasteiger partial charge >= 0.3 is 0 Å². The van der Waals surface area contributed by atoms with Crippen molar-refractivity contribution in [1.82, 2.24) is 10.6 Å². The van der Waals surface area contributed by atoms with E-state index in [1.807, 2.05) is 32.9 Å². The van der Waals surface area contributed by atoms with E-state index in [1.165, 1.54) is 0 Å². The molecule has 0 aliphatic rings. The van der Waals surface area contributed by atoms with Gasteiger partial charge < -0.3 is 15.1 Å². The Balaban J connectivity index is 2.18. The monoisotopic (exact) mass is 224 g/mol. The molecule has 0 radical (unpaired) electrons. The summed E-state index contributed by atoms with van der Waals surface area (Å²) in [6.07, 6.45) is 2.14. The minimum absolute atomic E-state index is 0.0779. The molecular formula is C12H20N2O2. The Hall–Kier alpha value is -1.29. The molecule has 1 amide bonds. The molecule has 4 heteroatoms. The van der Waals surface area contributed by atoms with Crippen molar-refractivity contribution in [3.8, 4) is 0 Å². The molecule has 1 heterocycles. The first-order valence-corrected chi connectivity index (χ1v) is 5.65. The standard InChI is InChI=1S/C12H20N2O2/c1-9(2)14-12(15)6-7-13-10(3)11-5-4-8-16-11/h4-5,8-10,13H,6-7H2,1-3H3,(H,14,15)/t10-/m0/s1. The molecule has 4 nitrogen and oxygen atoms in total. The summed E-state index contributed by atoms with van der Waals surface area (Å²) in [4.78, 5) is 11.3. The first kappa shape index (κ1) is 12.8. The van der Waals surface area contributed by atoms with Gasteiger partial charge in [-0.2, -0.15) is 0 Å². The molecular weight excluding hydrogens is 204 g/mol. The average Bonchev–Trinajstić information content (AvgIpc) is 2.68. The lowest BCUT2D eigenvalue weighted by Gasteiger charge is -2.12. The van der Waals surface area contributed by atoms with Crippen LogP contribution in [0.1, 0.15) is 39.0 Å². The number of carbonyl (C=O) groups is 1. The van der Waals surface area contributed by atoms with E-state index in [-0.39, 0.29) is 18.0 Å². The predicted octanol–water partition coefficient (Wildman–Crippen LogP) is 1.84. The Morgan fingerprint density at radius 3 is 2.75 bits per heavy atom. The maximum Gasteiger partial charge on any atom is 0.221 e. The van der Waals surface area contributed by atoms with Gasteiger partial charge in [0.1, 0.15) is 5.76 Å². The zero-order valence-electron chi connectivity index (χ0n) is 10.1. The number of carbonyl (C=O) groups excluding carboxylic acids is 1. The summed E-state index contributed by atoms with van der Waals surface area (Å²) in [5, 5.41) is 6.08. The van der Waals surface area contributed by atoms with Crippen LogP contribution in [0.5, 0.6) is 0 Å². The van der Waals surface area contributed by atoms with Gasteiger partial charge in [-0.05, 0) is 32.9 Å². The lowest BCUT2D eigenvalue weighted by atomic mass is 10.2. The number of furan rings is 1. The molecule has 0 aliphatic carbocycles. The maximum absolute atomic E-state index is 11.3. The maximum atomic E-state index is 11.3. The van der Waals surface area contributed by atoms with Crippen molar-refractivity contribution in [3.63, 3.8) is 0 Å². The third-order valence-electron chi connectivity index (χ3n) is 2.22. The smallest absolute Gasteiger partial charge is 0.221 e. The van der Waals surface area contributed by atoms with Gasteiger partial charge in [0, 0.05) is 19.0 Å². The third kappa shape index (κ3) is 4.49. The van der Waals surface area contributed by atoms with E-state index in [1.54, 1.807) is 6.26 Å². The van der Waals surface area contributed by atoms with Gasteiger partial charge in [0.05, 0.1) is 12.3 Å². The highest BCUT2D eigenvalue weighted by molar-refractivity contribution is 5.76. The molecule has 1 atom stereocenters. The molecule has 0 saturated carbocycles. The van der Waals surface area contributed by atoms with Crippen LogP contribution in [0, 0.1) is 0 Å². The van der Waals surface area contributed by atoms with Gasteiger partial charge in [-0.25, -0.2) is 0 Å². The van der Waals surface area contributed by atoms with E-state index in [0.29, 0.717) is 13.0 Å². The highest BCUT2D eigenvalue weighted by atomic mass is 16.3. The van der Waals surface area contributed by atoms with Gasteiger partial charge in [0.2, 0.25) is 5.91 Å². The number of hydrogen-bond acceptors (Lipinski definition) is 3. The number of rotatable bonds is 6. The van der Waals surface area contributed by atoms with Crippen LogP contribution < -0.4 is 10.6 Å². The lowest BCUT2D eigenvalue weighted by molar-refractivity contribution is -0.121. The first-order valence-electron chi connectivity index (χ1n) is 5.65. The van der Waals surface area contributed by atoms with Crippen LogP contribution in [0.25, 0.3) is 0 Å². The number of amides is 1. The molecule has 1 rings (SSSR count). The quantitative estimate of drug-likeness (QED) is 0.775. The van der Waals surface area contributed by atoms with Crippen molar-refractivity contribution in [2.24, 2.45) is 0 Å². The Kier molecular flexibility index (Phi) is 5.05. The SMILES string of the molecule is CC(C)NC(=O)CCN[C@@H](C)c1ccco1. The second kappa shape index (κ2) is 6.33. The van der Waals surface area contributed by atoms with Crippen molar-refractivity contribution < 1.29 is 9.21 Å². The average molecular weight is 224 g/mol. The Labute approximate surface area is 96.4 Å². The Morgan fingerprint density at radius 2 is 2.19 bits per heavy atom. The van der Waals surface area contributed by atoms with Crippen molar-refractivity contribution in [2.45, 2.75) is 39.3 Å². The summed E-state index contributed by atoms with van der Waals surface area (Å²) in [5.41, 5.74) is 0. The van der Waals surface area contributed by atoms with Crippen LogP contribution in [0.3, 0.4) is 0 Å². The van der Waals surface area contributed by atoms with Crippen molar-refractivity contribution >= 4 is 5.91 Å². The fraction of sp³-hybridized carbons (Fsp3) is 0.583. The molecule has 0 spiro atoms. The van der Waals surface area contributed by atoms with Gasteiger partial charge in [0.25, 0.3) is 0 Å². The van der Waals surface area contributed by atoms with E-state index < -0.39 is 0 Å². The fourth-order valence-corrected chi connectivity index (χ4v) is 1.43. The minimum atomic E-state index is 0.0779. The largest absolute Gasteiger partial charge is 0.468 e. The minimum Gasteiger partial charge on any atom is -0.468 e. The molecule has 2 N–H and O–H groups in total. The first-order chi connectivity index (χ1) is 7.59. The van der Waals surface area contributed by atoms with Crippen LogP contribution in [-0.4, -0.2) is 18.5 Å². The van der Waals surface area contributed by atoms with Gasteiger partial charge in [-0.3, -0.25) is 4.79 Å². The molecule has 90 valence electrons. The Bertz CT molecular complexity index is 307. The van der Waals surface area contributed by atoms with Crippen LogP contribution in [0.15, 0.2) is 22.8 Å². The van der Waals surface area contributed by atoms with E-state index in [2.05, 4.69) is 10.6 Å². The van der Waals surface area contributed by atoms with E-state index in [0.717, 1.165) is 5.76 Å². The molecule has 0 unspecified atom stereocenters. The highest BCUT2D eigenvalue weighted by Crippen LogP contribution is 2.11. The summed E-state index contributed by atoms with van der Waals surface area (Å²) >= 11 is 0. The summed E-state index contributed by atoms with van der Waals surface area (Å²) in [6, 6.07) is 4.13. The Morgan fingerprint density at radius 1 is 1.44 bits per heavy atom. The van der Waals surface area contributed by atoms with Gasteiger partial charge in [-0.15, -0.1) is 0 Å². The van der Waals surface area contributed by atoms with E-state index >= 15 is 0 Å². The highest BCUT2D eigenvalue weighted by Gasteiger charge is 2.08. The molecule has 1 aromatic rings.